The Hall–Kier alpha value is -3.18. The zero-order chi connectivity index (χ0) is 27.7. The predicted octanol–water partition coefficient (Wildman–Crippen LogP) is 4.96. The van der Waals surface area contributed by atoms with Gasteiger partial charge in [0.05, 0.1) is 39.7 Å². The predicted molar refractivity (Wildman–Crippen MR) is 149 cm³/mol. The number of rotatable bonds is 5. The number of carbonyl (C=O) groups excluding carboxylic acids is 2. The van der Waals surface area contributed by atoms with Crippen molar-refractivity contribution in [2.45, 2.75) is 57.9 Å². The van der Waals surface area contributed by atoms with E-state index in [0.29, 0.717) is 31.1 Å². The number of carbonyl (C=O) groups is 2. The number of aryl methyl sites for hydroxylation is 1. The molecule has 0 unspecified atom stereocenters. The van der Waals surface area contributed by atoms with Crippen molar-refractivity contribution >= 4 is 44.9 Å². The van der Waals surface area contributed by atoms with E-state index in [2.05, 4.69) is 17.2 Å². The van der Waals surface area contributed by atoms with Crippen LogP contribution < -0.4 is 11.1 Å². The van der Waals surface area contributed by atoms with E-state index in [9.17, 15) is 18.4 Å². The molecule has 3 aromatic rings. The van der Waals surface area contributed by atoms with Gasteiger partial charge in [-0.3, -0.25) is 14.5 Å². The van der Waals surface area contributed by atoms with Gasteiger partial charge in [0, 0.05) is 12.5 Å². The third-order valence-corrected chi connectivity index (χ3v) is 8.99. The number of nitrogens with zero attached hydrogens (tertiary/aromatic N) is 4. The first-order valence-electron chi connectivity index (χ1n) is 13.4. The maximum atomic E-state index is 13.4. The second kappa shape index (κ2) is 11.5. The van der Waals surface area contributed by atoms with Crippen LogP contribution in [0.3, 0.4) is 0 Å². The number of nitrogens with one attached hydrogen (secondary N) is 1. The summed E-state index contributed by atoms with van der Waals surface area (Å²) in [6.07, 6.45) is 2.49. The number of halogens is 2. The summed E-state index contributed by atoms with van der Waals surface area (Å²) in [4.78, 5) is 38.8. The van der Waals surface area contributed by atoms with E-state index in [0.717, 1.165) is 52.0 Å². The van der Waals surface area contributed by atoms with Crippen LogP contribution in [0.15, 0.2) is 30.5 Å². The first-order valence-corrected chi connectivity index (χ1v) is 14.2. The molecule has 4 heterocycles. The number of benzene rings is 1. The number of pyridine rings is 1. The summed E-state index contributed by atoms with van der Waals surface area (Å²) in [5.74, 6) is -0.347. The quantitative estimate of drug-likeness (QED) is 0.431. The van der Waals surface area contributed by atoms with Gasteiger partial charge in [-0.15, -0.1) is 11.3 Å². The fourth-order valence-electron chi connectivity index (χ4n) is 5.59. The molecule has 0 radical (unpaired) electrons. The summed E-state index contributed by atoms with van der Waals surface area (Å²) in [5.41, 5.74) is 8.76. The Balaban J connectivity index is 1.32. The first-order chi connectivity index (χ1) is 18.7. The van der Waals surface area contributed by atoms with Gasteiger partial charge in [0.2, 0.25) is 0 Å². The number of fused-ring (bicyclic) bond motifs is 1. The average Bonchev–Trinajstić information content (AvgIpc) is 3.34. The van der Waals surface area contributed by atoms with E-state index in [1.54, 1.807) is 29.2 Å². The smallest absolute Gasteiger partial charge is 0.313 e. The van der Waals surface area contributed by atoms with Crippen LogP contribution in [-0.4, -0.2) is 64.2 Å². The standard InChI is InChI=1S/C28H34F2N6O2S/c1-16-3-5-22(36(14-16)28(38)26(37)33-20-11-17(2)25(31)32-13-20)19-4-6-23-21(12-19)34-27(39-23)18-7-9-35(10-8-18)15-24(29)30/h4,6,11-13,16,18,22,24H,3,5,7-10,14-15H2,1-2H3,(H2,31,32)(H,33,37)/t16-,22+/m0/s1. The molecule has 208 valence electrons. The van der Waals surface area contributed by atoms with Crippen LogP contribution in [0.2, 0.25) is 0 Å². The average molecular weight is 557 g/mol. The van der Waals surface area contributed by atoms with E-state index < -0.39 is 18.2 Å². The van der Waals surface area contributed by atoms with Crippen LogP contribution in [0.25, 0.3) is 10.2 Å². The highest BCUT2D eigenvalue weighted by Gasteiger charge is 2.35. The topological polar surface area (TPSA) is 104 Å². The highest BCUT2D eigenvalue weighted by molar-refractivity contribution is 7.18. The summed E-state index contributed by atoms with van der Waals surface area (Å²) < 4.78 is 26.5. The molecule has 1 aromatic carbocycles. The molecule has 0 spiro atoms. The second-order valence-corrected chi connectivity index (χ2v) is 11.8. The summed E-state index contributed by atoms with van der Waals surface area (Å²) >= 11 is 1.65. The lowest BCUT2D eigenvalue weighted by molar-refractivity contribution is -0.146. The van der Waals surface area contributed by atoms with E-state index in [-0.39, 0.29) is 24.4 Å². The van der Waals surface area contributed by atoms with Crippen LogP contribution in [0.5, 0.6) is 0 Å². The molecular weight excluding hydrogens is 522 g/mol. The minimum Gasteiger partial charge on any atom is -0.383 e. The molecule has 2 amide bonds. The third kappa shape index (κ3) is 6.19. The largest absolute Gasteiger partial charge is 0.383 e. The monoisotopic (exact) mass is 556 g/mol. The van der Waals surface area contributed by atoms with Gasteiger partial charge in [-0.05, 0) is 80.9 Å². The van der Waals surface area contributed by atoms with Gasteiger partial charge >= 0.3 is 11.8 Å². The van der Waals surface area contributed by atoms with Crippen molar-refractivity contribution < 1.29 is 18.4 Å². The van der Waals surface area contributed by atoms with E-state index in [1.165, 1.54) is 6.20 Å². The van der Waals surface area contributed by atoms with Crippen molar-refractivity contribution in [2.24, 2.45) is 5.92 Å². The molecule has 0 saturated carbocycles. The molecule has 0 bridgehead atoms. The number of hydrogen-bond donors (Lipinski definition) is 2. The number of alkyl halides is 2. The Morgan fingerprint density at radius 3 is 2.67 bits per heavy atom. The van der Waals surface area contributed by atoms with E-state index in [1.807, 2.05) is 23.1 Å². The number of aromatic nitrogens is 2. The zero-order valence-electron chi connectivity index (χ0n) is 22.2. The van der Waals surface area contributed by atoms with Crippen molar-refractivity contribution in [3.8, 4) is 0 Å². The molecule has 2 aliphatic rings. The molecule has 2 fully saturated rings. The minimum absolute atomic E-state index is 0.167. The molecule has 11 heteroatoms. The molecule has 2 aliphatic heterocycles. The second-order valence-electron chi connectivity index (χ2n) is 10.8. The van der Waals surface area contributed by atoms with Crippen LogP contribution >= 0.6 is 11.3 Å². The van der Waals surface area contributed by atoms with Crippen LogP contribution in [-0.2, 0) is 9.59 Å². The lowest BCUT2D eigenvalue weighted by Crippen LogP contribution is -2.46. The molecule has 8 nitrogen and oxygen atoms in total. The van der Waals surface area contributed by atoms with Gasteiger partial charge in [-0.2, -0.15) is 0 Å². The Morgan fingerprint density at radius 2 is 1.95 bits per heavy atom. The third-order valence-electron chi connectivity index (χ3n) is 7.80. The van der Waals surface area contributed by atoms with Crippen molar-refractivity contribution in [3.05, 3.63) is 46.6 Å². The molecular formula is C28H34F2N6O2S. The van der Waals surface area contributed by atoms with Gasteiger partial charge < -0.3 is 16.0 Å². The summed E-state index contributed by atoms with van der Waals surface area (Å²) in [6, 6.07) is 7.58. The SMILES string of the molecule is Cc1cc(NC(=O)C(=O)N2C[C@@H](C)CC[C@@H]2c2ccc3sc(C4CCN(CC(F)F)CC4)nc3c2)cnc1N. The number of anilines is 2. The van der Waals surface area contributed by atoms with Crippen LogP contribution in [0.4, 0.5) is 20.3 Å². The Kier molecular flexibility index (Phi) is 8.08. The molecule has 39 heavy (non-hydrogen) atoms. The zero-order valence-corrected chi connectivity index (χ0v) is 23.0. The lowest BCUT2D eigenvalue weighted by Gasteiger charge is -2.38. The number of hydrogen-bond acceptors (Lipinski definition) is 7. The first kappa shape index (κ1) is 27.4. The van der Waals surface area contributed by atoms with Crippen LogP contribution in [0.1, 0.15) is 60.7 Å². The molecule has 2 atom stereocenters. The lowest BCUT2D eigenvalue weighted by atomic mass is 9.89. The molecule has 5 rings (SSSR count). The van der Waals surface area contributed by atoms with Crippen molar-refractivity contribution in [2.75, 3.05) is 37.2 Å². The number of nitrogen functional groups attached to an aromatic ring is 1. The van der Waals surface area contributed by atoms with Crippen molar-refractivity contribution in [3.63, 3.8) is 0 Å². The highest BCUT2D eigenvalue weighted by atomic mass is 32.1. The number of likely N-dealkylation sites (tertiary alicyclic amines) is 2. The van der Waals surface area contributed by atoms with Gasteiger partial charge in [0.15, 0.2) is 0 Å². The van der Waals surface area contributed by atoms with Gasteiger partial charge in [0.1, 0.15) is 5.82 Å². The van der Waals surface area contributed by atoms with Crippen LogP contribution in [0, 0.1) is 12.8 Å². The van der Waals surface area contributed by atoms with Gasteiger partial charge in [0.25, 0.3) is 6.43 Å². The number of amides is 2. The van der Waals surface area contributed by atoms with E-state index >= 15 is 0 Å². The highest BCUT2D eigenvalue weighted by Crippen LogP contribution is 2.38. The normalized spacial score (nSPS) is 21.0. The maximum Gasteiger partial charge on any atom is 0.313 e. The Morgan fingerprint density at radius 1 is 1.18 bits per heavy atom. The van der Waals surface area contributed by atoms with Crippen molar-refractivity contribution in [1.29, 1.82) is 0 Å². The fourth-order valence-corrected chi connectivity index (χ4v) is 6.71. The summed E-state index contributed by atoms with van der Waals surface area (Å²) in [7, 11) is 0. The molecule has 2 saturated heterocycles. The number of thiazole rings is 1. The Bertz CT molecular complexity index is 1360. The summed E-state index contributed by atoms with van der Waals surface area (Å²) in [5, 5.41) is 3.71. The minimum atomic E-state index is -2.30. The maximum absolute atomic E-state index is 13.4. The molecule has 0 aliphatic carbocycles. The number of nitrogens with two attached hydrogens (primary N) is 1. The molecule has 3 N–H and O–H groups in total. The van der Waals surface area contributed by atoms with Gasteiger partial charge in [-0.25, -0.2) is 18.7 Å². The van der Waals surface area contributed by atoms with E-state index in [4.69, 9.17) is 10.7 Å². The Labute approximate surface area is 230 Å². The van der Waals surface area contributed by atoms with Crippen molar-refractivity contribution in [1.82, 2.24) is 19.8 Å². The summed E-state index contributed by atoms with van der Waals surface area (Å²) in [6.45, 7) is 5.51. The fraction of sp³-hybridized carbons (Fsp3) is 0.500. The molecule has 2 aromatic heterocycles. The number of piperidine rings is 2. The van der Waals surface area contributed by atoms with Gasteiger partial charge in [-0.1, -0.05) is 13.0 Å².